The Hall–Kier alpha value is -2.37. The minimum atomic E-state index is 1.03. The summed E-state index contributed by atoms with van der Waals surface area (Å²) in [5.74, 6) is 0. The molecule has 0 bridgehead atoms. The summed E-state index contributed by atoms with van der Waals surface area (Å²) < 4.78 is 4.45. The highest BCUT2D eigenvalue weighted by Crippen LogP contribution is 2.40. The molecule has 4 aromatic rings. The lowest BCUT2D eigenvalue weighted by atomic mass is 10.0. The van der Waals surface area contributed by atoms with E-state index in [-0.39, 0.29) is 0 Å². The van der Waals surface area contributed by atoms with E-state index in [1.165, 1.54) is 50.1 Å². The molecule has 0 unspecified atom stereocenters. The monoisotopic (exact) mass is 390 g/mol. The highest BCUT2D eigenvalue weighted by molar-refractivity contribution is 7.08. The first-order chi connectivity index (χ1) is 13.6. The fourth-order valence-electron chi connectivity index (χ4n) is 4.63. The van der Waals surface area contributed by atoms with E-state index in [9.17, 15) is 0 Å². The molecule has 4 nitrogen and oxygen atoms in total. The predicted molar refractivity (Wildman–Crippen MR) is 118 cm³/mol. The quantitative estimate of drug-likeness (QED) is 0.495. The van der Waals surface area contributed by atoms with Crippen LogP contribution in [0, 0.1) is 6.92 Å². The molecule has 0 amide bonds. The van der Waals surface area contributed by atoms with Gasteiger partial charge in [0.15, 0.2) is 0 Å². The Morgan fingerprint density at radius 3 is 2.79 bits per heavy atom. The average molecular weight is 391 g/mol. The molecule has 0 atom stereocenters. The molecule has 5 heteroatoms. The second kappa shape index (κ2) is 6.61. The zero-order chi connectivity index (χ0) is 19.4. The summed E-state index contributed by atoms with van der Waals surface area (Å²) in [5.41, 5.74) is 10.9. The van der Waals surface area contributed by atoms with Crippen LogP contribution in [-0.4, -0.2) is 32.8 Å². The van der Waals surface area contributed by atoms with Crippen molar-refractivity contribution in [3.05, 3.63) is 57.7 Å². The average Bonchev–Trinajstić information content (AvgIpc) is 3.38. The van der Waals surface area contributed by atoms with Crippen LogP contribution in [0.25, 0.3) is 27.7 Å². The smallest absolute Gasteiger partial charge is 0.0645 e. The van der Waals surface area contributed by atoms with Gasteiger partial charge in [0.2, 0.25) is 0 Å². The van der Waals surface area contributed by atoms with Crippen LogP contribution in [0.1, 0.15) is 29.3 Å². The van der Waals surface area contributed by atoms with Crippen LogP contribution in [0.15, 0.2) is 35.3 Å². The number of fused-ring (bicyclic) bond motifs is 3. The zero-order valence-corrected chi connectivity index (χ0v) is 17.8. The number of hydrogen-bond acceptors (Lipinski definition) is 3. The number of nitrogens with zero attached hydrogens (tertiary/aromatic N) is 4. The SMILES string of the molecule is CCc1cc(C)cc2c3c(n(-c4cscc4-c4cnn(C)c4)c12)CCN(C)C3. The fraction of sp³-hybridized carbons (Fsp3) is 0.348. The highest BCUT2D eigenvalue weighted by Gasteiger charge is 2.26. The lowest BCUT2D eigenvalue weighted by Gasteiger charge is -2.24. The van der Waals surface area contributed by atoms with E-state index >= 15 is 0 Å². The van der Waals surface area contributed by atoms with Crippen LogP contribution >= 0.6 is 11.3 Å². The van der Waals surface area contributed by atoms with Crippen molar-refractivity contribution in [3.63, 3.8) is 0 Å². The topological polar surface area (TPSA) is 26.0 Å². The molecule has 0 spiro atoms. The maximum Gasteiger partial charge on any atom is 0.0645 e. The van der Waals surface area contributed by atoms with E-state index in [0.717, 1.165) is 25.9 Å². The molecule has 1 aromatic carbocycles. The molecule has 0 saturated carbocycles. The molecule has 5 rings (SSSR count). The number of likely N-dealkylation sites (N-methyl/N-ethyl adjacent to an activating group) is 1. The Kier molecular flexibility index (Phi) is 4.18. The Balaban J connectivity index is 1.85. The van der Waals surface area contributed by atoms with Gasteiger partial charge in [-0.2, -0.15) is 5.10 Å². The van der Waals surface area contributed by atoms with Crippen molar-refractivity contribution >= 4 is 22.2 Å². The van der Waals surface area contributed by atoms with Gasteiger partial charge in [-0.15, -0.1) is 11.3 Å². The Labute approximate surface area is 170 Å². The van der Waals surface area contributed by atoms with Gasteiger partial charge < -0.3 is 9.47 Å². The third-order valence-corrected chi connectivity index (χ3v) is 6.67. The molecule has 144 valence electrons. The van der Waals surface area contributed by atoms with Gasteiger partial charge in [0, 0.05) is 65.7 Å². The van der Waals surface area contributed by atoms with Crippen LogP contribution in [0.4, 0.5) is 0 Å². The van der Waals surface area contributed by atoms with Gasteiger partial charge in [0.1, 0.15) is 0 Å². The van der Waals surface area contributed by atoms with Gasteiger partial charge in [0.05, 0.1) is 17.4 Å². The van der Waals surface area contributed by atoms with Crippen molar-refractivity contribution in [2.75, 3.05) is 13.6 Å². The Morgan fingerprint density at radius 1 is 1.18 bits per heavy atom. The van der Waals surface area contributed by atoms with Gasteiger partial charge in [0.25, 0.3) is 0 Å². The first kappa shape index (κ1) is 17.7. The van der Waals surface area contributed by atoms with E-state index in [1.54, 1.807) is 11.3 Å². The summed E-state index contributed by atoms with van der Waals surface area (Å²) in [4.78, 5) is 2.44. The summed E-state index contributed by atoms with van der Waals surface area (Å²) in [5, 5.41) is 10.4. The standard InChI is InChI=1S/C23H26N4S/c1-5-16-8-15(2)9-18-19-12-25(3)7-6-21(19)27(23(16)18)22-14-28-13-20(22)17-10-24-26(4)11-17/h8-11,13-14H,5-7,12H2,1-4H3. The van der Waals surface area contributed by atoms with E-state index < -0.39 is 0 Å². The maximum absolute atomic E-state index is 4.41. The summed E-state index contributed by atoms with van der Waals surface area (Å²) in [7, 11) is 4.21. The first-order valence-electron chi connectivity index (χ1n) is 9.96. The molecule has 0 N–H and O–H groups in total. The third-order valence-electron chi connectivity index (χ3n) is 5.94. The normalized spacial score (nSPS) is 14.7. The third kappa shape index (κ3) is 2.65. The molecule has 3 aromatic heterocycles. The zero-order valence-electron chi connectivity index (χ0n) is 17.0. The molecule has 1 aliphatic rings. The molecule has 1 aliphatic heterocycles. The number of benzene rings is 1. The van der Waals surface area contributed by atoms with E-state index in [0.29, 0.717) is 0 Å². The van der Waals surface area contributed by atoms with Gasteiger partial charge in [-0.1, -0.05) is 18.6 Å². The molecule has 0 fully saturated rings. The number of hydrogen-bond donors (Lipinski definition) is 0. The summed E-state index contributed by atoms with van der Waals surface area (Å²) in [6.07, 6.45) is 6.22. The highest BCUT2D eigenvalue weighted by atomic mass is 32.1. The molecule has 4 heterocycles. The second-order valence-electron chi connectivity index (χ2n) is 8.00. The maximum atomic E-state index is 4.41. The van der Waals surface area contributed by atoms with E-state index in [4.69, 9.17) is 0 Å². The Bertz CT molecular complexity index is 1180. The summed E-state index contributed by atoms with van der Waals surface area (Å²) >= 11 is 1.78. The van der Waals surface area contributed by atoms with Crippen molar-refractivity contribution in [1.29, 1.82) is 0 Å². The van der Waals surface area contributed by atoms with Crippen LogP contribution in [0.3, 0.4) is 0 Å². The second-order valence-corrected chi connectivity index (χ2v) is 8.74. The molecular formula is C23H26N4S. The largest absolute Gasteiger partial charge is 0.311 e. The number of aryl methyl sites for hydroxylation is 3. The van der Waals surface area contributed by atoms with Gasteiger partial charge in [-0.25, -0.2) is 0 Å². The minimum Gasteiger partial charge on any atom is -0.311 e. The first-order valence-corrected chi connectivity index (χ1v) is 10.9. The van der Waals surface area contributed by atoms with Crippen LogP contribution in [-0.2, 0) is 26.4 Å². The lowest BCUT2D eigenvalue weighted by Crippen LogP contribution is -2.27. The molecule has 0 aliphatic carbocycles. The van der Waals surface area contributed by atoms with Crippen molar-refractivity contribution in [2.24, 2.45) is 7.05 Å². The minimum absolute atomic E-state index is 1.03. The van der Waals surface area contributed by atoms with Crippen molar-refractivity contribution in [1.82, 2.24) is 19.2 Å². The molecule has 0 radical (unpaired) electrons. The molecular weight excluding hydrogens is 364 g/mol. The predicted octanol–water partition coefficient (Wildman–Crippen LogP) is 4.95. The number of thiophene rings is 1. The van der Waals surface area contributed by atoms with E-state index in [2.05, 4.69) is 64.6 Å². The summed E-state index contributed by atoms with van der Waals surface area (Å²) in [6.45, 7) is 6.63. The van der Waals surface area contributed by atoms with Crippen molar-refractivity contribution in [2.45, 2.75) is 33.2 Å². The van der Waals surface area contributed by atoms with Gasteiger partial charge in [-0.05, 0) is 37.6 Å². The lowest BCUT2D eigenvalue weighted by molar-refractivity contribution is 0.311. The number of aromatic nitrogens is 3. The van der Waals surface area contributed by atoms with Crippen LogP contribution in [0.5, 0.6) is 0 Å². The van der Waals surface area contributed by atoms with Crippen LogP contribution in [0.2, 0.25) is 0 Å². The Morgan fingerprint density at radius 2 is 2.04 bits per heavy atom. The van der Waals surface area contributed by atoms with Gasteiger partial charge >= 0.3 is 0 Å². The van der Waals surface area contributed by atoms with Crippen LogP contribution < -0.4 is 0 Å². The van der Waals surface area contributed by atoms with Gasteiger partial charge in [-0.3, -0.25) is 4.68 Å². The molecule has 0 saturated heterocycles. The van der Waals surface area contributed by atoms with Crippen molar-refractivity contribution < 1.29 is 0 Å². The molecule has 28 heavy (non-hydrogen) atoms. The van der Waals surface area contributed by atoms with E-state index in [1.807, 2.05) is 17.9 Å². The number of rotatable bonds is 3. The fourth-order valence-corrected chi connectivity index (χ4v) is 5.46. The summed E-state index contributed by atoms with van der Waals surface area (Å²) in [6, 6.07) is 4.75. The van der Waals surface area contributed by atoms with Crippen molar-refractivity contribution in [3.8, 4) is 16.8 Å².